The first-order chi connectivity index (χ1) is 5.35. The highest BCUT2D eigenvalue weighted by molar-refractivity contribution is 5.84. The number of hydrogen-bond donors (Lipinski definition) is 1. The molecule has 1 aliphatic rings. The Morgan fingerprint density at radius 1 is 1.50 bits per heavy atom. The van der Waals surface area contributed by atoms with Gasteiger partial charge in [0.2, 0.25) is 5.91 Å². The fourth-order valence-electron chi connectivity index (χ4n) is 1.43. The van der Waals surface area contributed by atoms with Crippen LogP contribution in [0.4, 0.5) is 8.78 Å². The third-order valence-electron chi connectivity index (χ3n) is 2.47. The lowest BCUT2D eigenvalue weighted by Crippen LogP contribution is -2.27. The van der Waals surface area contributed by atoms with E-state index in [9.17, 15) is 13.6 Å². The summed E-state index contributed by atoms with van der Waals surface area (Å²) in [6.45, 7) is 4.94. The van der Waals surface area contributed by atoms with Gasteiger partial charge < -0.3 is 5.32 Å². The summed E-state index contributed by atoms with van der Waals surface area (Å²) in [6.07, 6.45) is 0. The van der Waals surface area contributed by atoms with Crippen molar-refractivity contribution in [3.8, 4) is 0 Å². The van der Waals surface area contributed by atoms with E-state index in [2.05, 4.69) is 5.32 Å². The molecule has 1 rings (SSSR count). The van der Waals surface area contributed by atoms with Gasteiger partial charge in [-0.15, -0.1) is 0 Å². The molecule has 0 aliphatic heterocycles. The predicted octanol–water partition coefficient (Wildman–Crippen LogP) is 1.41. The minimum absolute atomic E-state index is 0.404. The van der Waals surface area contributed by atoms with Gasteiger partial charge in [-0.2, -0.15) is 0 Å². The molecule has 1 fully saturated rings. The number of carbonyl (C=O) groups excluding carboxylic acids is 1. The average Bonchev–Trinajstić information content (AvgIpc) is 2.24. The second-order valence-corrected chi connectivity index (χ2v) is 3.67. The first kappa shape index (κ1) is 9.42. The number of alkyl halides is 2. The van der Waals surface area contributed by atoms with Crippen molar-refractivity contribution < 1.29 is 13.6 Å². The molecule has 4 heteroatoms. The van der Waals surface area contributed by atoms with Gasteiger partial charge in [0.1, 0.15) is 5.92 Å². The van der Waals surface area contributed by atoms with Crippen LogP contribution in [0.15, 0.2) is 0 Å². The van der Waals surface area contributed by atoms with Crippen molar-refractivity contribution in [1.82, 2.24) is 5.32 Å². The van der Waals surface area contributed by atoms with Crippen molar-refractivity contribution in [3.63, 3.8) is 0 Å². The summed E-state index contributed by atoms with van der Waals surface area (Å²) in [5.74, 6) is -4.50. The molecular weight excluding hydrogens is 164 g/mol. The first-order valence-electron chi connectivity index (χ1n) is 4.01. The molecule has 1 aliphatic carbocycles. The van der Waals surface area contributed by atoms with Crippen molar-refractivity contribution in [2.75, 3.05) is 6.54 Å². The maximum Gasteiger partial charge on any atom is 0.266 e. The standard InChI is InChI=1S/C8H13F2NO/c1-4-11-6(12)5-7(2,3)8(5,9)10/h5H,4H2,1-3H3,(H,11,12). The second kappa shape index (κ2) is 2.41. The van der Waals surface area contributed by atoms with Crippen LogP contribution < -0.4 is 5.32 Å². The Balaban J connectivity index is 2.64. The van der Waals surface area contributed by atoms with E-state index in [-0.39, 0.29) is 0 Å². The molecule has 0 spiro atoms. The molecule has 1 amide bonds. The van der Waals surface area contributed by atoms with E-state index in [0.717, 1.165) is 0 Å². The lowest BCUT2D eigenvalue weighted by Gasteiger charge is -1.99. The summed E-state index contributed by atoms with van der Waals surface area (Å²) >= 11 is 0. The SMILES string of the molecule is CCNC(=O)C1C(C)(C)C1(F)F. The van der Waals surface area contributed by atoms with Crippen LogP contribution in [0.5, 0.6) is 0 Å². The Morgan fingerprint density at radius 3 is 2.17 bits per heavy atom. The molecule has 12 heavy (non-hydrogen) atoms. The minimum atomic E-state index is -2.83. The number of amides is 1. The minimum Gasteiger partial charge on any atom is -0.356 e. The zero-order valence-electron chi connectivity index (χ0n) is 7.45. The normalized spacial score (nSPS) is 29.6. The van der Waals surface area contributed by atoms with Gasteiger partial charge in [-0.3, -0.25) is 4.79 Å². The van der Waals surface area contributed by atoms with E-state index in [1.54, 1.807) is 6.92 Å². The highest BCUT2D eigenvalue weighted by Crippen LogP contribution is 2.65. The molecule has 1 N–H and O–H groups in total. The van der Waals surface area contributed by atoms with Gasteiger partial charge in [-0.05, 0) is 6.92 Å². The maximum absolute atomic E-state index is 12.9. The molecule has 0 bridgehead atoms. The van der Waals surface area contributed by atoms with E-state index in [4.69, 9.17) is 0 Å². The van der Waals surface area contributed by atoms with Gasteiger partial charge in [0.15, 0.2) is 0 Å². The van der Waals surface area contributed by atoms with Gasteiger partial charge in [-0.25, -0.2) is 8.78 Å². The van der Waals surface area contributed by atoms with E-state index < -0.39 is 23.2 Å². The third kappa shape index (κ3) is 1.01. The number of nitrogens with one attached hydrogen (secondary N) is 1. The first-order valence-corrected chi connectivity index (χ1v) is 4.01. The van der Waals surface area contributed by atoms with Crippen LogP contribution >= 0.6 is 0 Å². The number of hydrogen-bond acceptors (Lipinski definition) is 1. The molecule has 70 valence electrons. The summed E-state index contributed by atoms with van der Waals surface area (Å²) in [4.78, 5) is 11.0. The number of rotatable bonds is 2. The number of carbonyl (C=O) groups is 1. The van der Waals surface area contributed by atoms with E-state index >= 15 is 0 Å². The Morgan fingerprint density at radius 2 is 1.92 bits per heavy atom. The van der Waals surface area contributed by atoms with Gasteiger partial charge in [0.25, 0.3) is 5.92 Å². The lowest BCUT2D eigenvalue weighted by atomic mass is 10.1. The molecular formula is C8H13F2NO. The highest BCUT2D eigenvalue weighted by atomic mass is 19.3. The largest absolute Gasteiger partial charge is 0.356 e. The van der Waals surface area contributed by atoms with Gasteiger partial charge >= 0.3 is 0 Å². The highest BCUT2D eigenvalue weighted by Gasteiger charge is 2.78. The van der Waals surface area contributed by atoms with Crippen LogP contribution in [0.3, 0.4) is 0 Å². The maximum atomic E-state index is 12.9. The lowest BCUT2D eigenvalue weighted by molar-refractivity contribution is -0.124. The Bertz CT molecular complexity index is 199. The van der Waals surface area contributed by atoms with E-state index in [1.807, 2.05) is 0 Å². The van der Waals surface area contributed by atoms with Crippen LogP contribution in [0.2, 0.25) is 0 Å². The van der Waals surface area contributed by atoms with Crippen LogP contribution in [-0.2, 0) is 4.79 Å². The fraction of sp³-hybridized carbons (Fsp3) is 0.875. The quantitative estimate of drug-likeness (QED) is 0.679. The number of halogens is 2. The summed E-state index contributed by atoms with van der Waals surface area (Å²) in [6, 6.07) is 0. The molecule has 0 radical (unpaired) electrons. The van der Waals surface area contributed by atoms with Crippen LogP contribution in [0, 0.1) is 11.3 Å². The summed E-state index contributed by atoms with van der Waals surface area (Å²) in [7, 11) is 0. The Hall–Kier alpha value is -0.670. The summed E-state index contributed by atoms with van der Waals surface area (Å²) in [5.41, 5.74) is -1.16. The van der Waals surface area contributed by atoms with Gasteiger partial charge in [-0.1, -0.05) is 13.8 Å². The monoisotopic (exact) mass is 177 g/mol. The van der Waals surface area contributed by atoms with Crippen molar-refractivity contribution in [1.29, 1.82) is 0 Å². The molecule has 1 atom stereocenters. The molecule has 0 saturated heterocycles. The van der Waals surface area contributed by atoms with Crippen molar-refractivity contribution >= 4 is 5.91 Å². The average molecular weight is 177 g/mol. The zero-order valence-corrected chi connectivity index (χ0v) is 7.45. The van der Waals surface area contributed by atoms with Gasteiger partial charge in [0.05, 0.1) is 0 Å². The molecule has 0 aromatic rings. The Kier molecular flexibility index (Phi) is 1.89. The summed E-state index contributed by atoms with van der Waals surface area (Å²) in [5, 5.41) is 2.40. The fourth-order valence-corrected chi connectivity index (χ4v) is 1.43. The molecule has 0 aromatic heterocycles. The molecule has 1 saturated carbocycles. The van der Waals surface area contributed by atoms with Crippen LogP contribution in [0.25, 0.3) is 0 Å². The van der Waals surface area contributed by atoms with E-state index in [1.165, 1.54) is 13.8 Å². The predicted molar refractivity (Wildman–Crippen MR) is 40.9 cm³/mol. The topological polar surface area (TPSA) is 29.1 Å². The molecule has 2 nitrogen and oxygen atoms in total. The third-order valence-corrected chi connectivity index (χ3v) is 2.47. The molecule has 0 aromatic carbocycles. The smallest absolute Gasteiger partial charge is 0.266 e. The van der Waals surface area contributed by atoms with Crippen molar-refractivity contribution in [2.45, 2.75) is 26.7 Å². The molecule has 1 unspecified atom stereocenters. The van der Waals surface area contributed by atoms with E-state index in [0.29, 0.717) is 6.54 Å². The van der Waals surface area contributed by atoms with Crippen molar-refractivity contribution in [3.05, 3.63) is 0 Å². The second-order valence-electron chi connectivity index (χ2n) is 3.67. The Labute approximate surface area is 70.3 Å². The van der Waals surface area contributed by atoms with Crippen LogP contribution in [0.1, 0.15) is 20.8 Å². The van der Waals surface area contributed by atoms with Crippen LogP contribution in [-0.4, -0.2) is 18.4 Å². The molecule has 0 heterocycles. The summed E-state index contributed by atoms with van der Waals surface area (Å²) < 4.78 is 25.8. The zero-order chi connectivity index (χ0) is 9.57. The van der Waals surface area contributed by atoms with Crippen molar-refractivity contribution in [2.24, 2.45) is 11.3 Å². The van der Waals surface area contributed by atoms with Gasteiger partial charge in [0, 0.05) is 12.0 Å².